The first-order valence-corrected chi connectivity index (χ1v) is 8.17. The Bertz CT molecular complexity index is 397. The maximum atomic E-state index is 4.28. The average molecular weight is 277 g/mol. The van der Waals surface area contributed by atoms with Gasteiger partial charge < -0.3 is 5.32 Å². The Morgan fingerprint density at radius 1 is 1.35 bits per heavy atom. The third-order valence-electron chi connectivity index (χ3n) is 4.65. The van der Waals surface area contributed by atoms with E-state index >= 15 is 0 Å². The maximum absolute atomic E-state index is 4.28. The van der Waals surface area contributed by atoms with Crippen molar-refractivity contribution in [2.75, 3.05) is 6.54 Å². The van der Waals surface area contributed by atoms with Crippen LogP contribution in [0.15, 0.2) is 12.3 Å². The molecule has 0 bridgehead atoms. The summed E-state index contributed by atoms with van der Waals surface area (Å²) in [5.74, 6) is 1.74. The molecule has 1 heterocycles. The molecular weight excluding hydrogens is 246 g/mol. The SMILES string of the molecule is Cn1nccc1CCC(CNC(C)(C)C)C1CCCC1. The molecule has 3 nitrogen and oxygen atoms in total. The highest BCUT2D eigenvalue weighted by atomic mass is 15.2. The summed E-state index contributed by atoms with van der Waals surface area (Å²) >= 11 is 0. The lowest BCUT2D eigenvalue weighted by atomic mass is 9.86. The van der Waals surface area contributed by atoms with Crippen molar-refractivity contribution in [3.05, 3.63) is 18.0 Å². The van der Waals surface area contributed by atoms with Crippen molar-refractivity contribution in [3.63, 3.8) is 0 Å². The zero-order valence-corrected chi connectivity index (χ0v) is 13.7. The smallest absolute Gasteiger partial charge is 0.0492 e. The van der Waals surface area contributed by atoms with Crippen molar-refractivity contribution in [2.24, 2.45) is 18.9 Å². The molecule has 0 aliphatic heterocycles. The van der Waals surface area contributed by atoms with Crippen LogP contribution in [0.1, 0.15) is 58.6 Å². The minimum atomic E-state index is 0.226. The first kappa shape index (κ1) is 15.6. The van der Waals surface area contributed by atoms with Gasteiger partial charge in [0.05, 0.1) is 0 Å². The topological polar surface area (TPSA) is 29.9 Å². The van der Waals surface area contributed by atoms with Gasteiger partial charge in [-0.05, 0) is 58.1 Å². The number of nitrogens with one attached hydrogen (secondary N) is 1. The zero-order chi connectivity index (χ0) is 14.6. The van der Waals surface area contributed by atoms with Gasteiger partial charge in [-0.2, -0.15) is 5.10 Å². The van der Waals surface area contributed by atoms with E-state index in [-0.39, 0.29) is 5.54 Å². The minimum absolute atomic E-state index is 0.226. The van der Waals surface area contributed by atoms with E-state index in [1.807, 2.05) is 17.9 Å². The van der Waals surface area contributed by atoms with Gasteiger partial charge in [0.2, 0.25) is 0 Å². The number of nitrogens with zero attached hydrogens (tertiary/aromatic N) is 2. The number of aromatic nitrogens is 2. The van der Waals surface area contributed by atoms with Gasteiger partial charge in [-0.3, -0.25) is 4.68 Å². The van der Waals surface area contributed by atoms with Gasteiger partial charge in [-0.1, -0.05) is 25.7 Å². The van der Waals surface area contributed by atoms with Gasteiger partial charge in [0.25, 0.3) is 0 Å². The van der Waals surface area contributed by atoms with Crippen molar-refractivity contribution in [1.29, 1.82) is 0 Å². The molecule has 1 atom stereocenters. The van der Waals surface area contributed by atoms with Crippen molar-refractivity contribution in [3.8, 4) is 0 Å². The third kappa shape index (κ3) is 4.62. The third-order valence-corrected chi connectivity index (χ3v) is 4.65. The van der Waals surface area contributed by atoms with E-state index in [0.29, 0.717) is 0 Å². The van der Waals surface area contributed by atoms with Crippen molar-refractivity contribution in [1.82, 2.24) is 15.1 Å². The molecule has 1 aliphatic carbocycles. The molecule has 114 valence electrons. The Morgan fingerprint density at radius 3 is 2.60 bits per heavy atom. The molecule has 0 saturated heterocycles. The van der Waals surface area contributed by atoms with Crippen LogP contribution >= 0.6 is 0 Å². The van der Waals surface area contributed by atoms with Crippen molar-refractivity contribution < 1.29 is 0 Å². The van der Waals surface area contributed by atoms with E-state index in [1.165, 1.54) is 37.8 Å². The van der Waals surface area contributed by atoms with E-state index < -0.39 is 0 Å². The van der Waals surface area contributed by atoms with Crippen molar-refractivity contribution in [2.45, 2.75) is 64.8 Å². The Hall–Kier alpha value is -0.830. The van der Waals surface area contributed by atoms with E-state index in [1.54, 1.807) is 0 Å². The summed E-state index contributed by atoms with van der Waals surface area (Å²) in [6.07, 6.45) is 10.1. The quantitative estimate of drug-likeness (QED) is 0.862. The van der Waals surface area contributed by atoms with Crippen LogP contribution < -0.4 is 5.32 Å². The highest BCUT2D eigenvalue weighted by Crippen LogP contribution is 2.33. The average Bonchev–Trinajstić information content (AvgIpc) is 3.00. The summed E-state index contributed by atoms with van der Waals surface area (Å²) in [6, 6.07) is 2.16. The Labute approximate surface area is 124 Å². The second-order valence-corrected chi connectivity index (χ2v) is 7.42. The number of hydrogen-bond donors (Lipinski definition) is 1. The van der Waals surface area contributed by atoms with Crippen LogP contribution in [-0.4, -0.2) is 21.9 Å². The van der Waals surface area contributed by atoms with E-state index in [9.17, 15) is 0 Å². The standard InChI is InChI=1S/C17H31N3/c1-17(2,3)18-13-15(14-7-5-6-8-14)9-10-16-11-12-19-20(16)4/h11-12,14-15,18H,5-10,13H2,1-4H3. The molecule has 20 heavy (non-hydrogen) atoms. The lowest BCUT2D eigenvalue weighted by molar-refractivity contribution is 0.273. The summed E-state index contributed by atoms with van der Waals surface area (Å²) < 4.78 is 2.02. The molecule has 1 aromatic heterocycles. The zero-order valence-electron chi connectivity index (χ0n) is 13.7. The van der Waals surface area contributed by atoms with Crippen LogP contribution in [0.5, 0.6) is 0 Å². The molecule has 1 aromatic rings. The van der Waals surface area contributed by atoms with Gasteiger partial charge in [-0.25, -0.2) is 0 Å². The molecular formula is C17H31N3. The second-order valence-electron chi connectivity index (χ2n) is 7.42. The molecule has 2 rings (SSSR count). The molecule has 1 unspecified atom stereocenters. The van der Waals surface area contributed by atoms with Gasteiger partial charge >= 0.3 is 0 Å². The lowest BCUT2D eigenvalue weighted by Gasteiger charge is -2.29. The Kier molecular flexibility index (Phi) is 5.25. The number of aryl methyl sites for hydroxylation is 2. The molecule has 1 aliphatic rings. The Morgan fingerprint density at radius 2 is 2.05 bits per heavy atom. The molecule has 1 saturated carbocycles. The predicted molar refractivity (Wildman–Crippen MR) is 84.7 cm³/mol. The second kappa shape index (κ2) is 6.75. The summed E-state index contributed by atoms with van der Waals surface area (Å²) in [6.45, 7) is 7.95. The van der Waals surface area contributed by atoms with Gasteiger partial charge in [0, 0.05) is 24.5 Å². The minimum Gasteiger partial charge on any atom is -0.312 e. The molecule has 0 spiro atoms. The number of hydrogen-bond acceptors (Lipinski definition) is 2. The van der Waals surface area contributed by atoms with Gasteiger partial charge in [-0.15, -0.1) is 0 Å². The fourth-order valence-corrected chi connectivity index (χ4v) is 3.35. The largest absolute Gasteiger partial charge is 0.312 e. The van der Waals surface area contributed by atoms with Crippen LogP contribution in [0.3, 0.4) is 0 Å². The van der Waals surface area contributed by atoms with E-state index in [2.05, 4.69) is 37.3 Å². The highest BCUT2D eigenvalue weighted by Gasteiger charge is 2.26. The maximum Gasteiger partial charge on any atom is 0.0492 e. The summed E-state index contributed by atoms with van der Waals surface area (Å²) in [5, 5.41) is 8.00. The molecule has 0 aromatic carbocycles. The summed E-state index contributed by atoms with van der Waals surface area (Å²) in [5.41, 5.74) is 1.59. The first-order valence-electron chi connectivity index (χ1n) is 8.17. The molecule has 1 fully saturated rings. The van der Waals surface area contributed by atoms with Gasteiger partial charge in [0.15, 0.2) is 0 Å². The molecule has 1 N–H and O–H groups in total. The Balaban J connectivity index is 1.90. The summed E-state index contributed by atoms with van der Waals surface area (Å²) in [7, 11) is 2.05. The van der Waals surface area contributed by atoms with Gasteiger partial charge in [0.1, 0.15) is 0 Å². The summed E-state index contributed by atoms with van der Waals surface area (Å²) in [4.78, 5) is 0. The van der Waals surface area contributed by atoms with E-state index in [4.69, 9.17) is 0 Å². The number of rotatable bonds is 6. The predicted octanol–water partition coefficient (Wildman–Crippen LogP) is 3.55. The first-order chi connectivity index (χ1) is 9.46. The van der Waals surface area contributed by atoms with Crippen LogP contribution in [0.2, 0.25) is 0 Å². The normalized spacial score (nSPS) is 18.6. The van der Waals surface area contributed by atoms with Crippen molar-refractivity contribution >= 4 is 0 Å². The molecule has 0 radical (unpaired) electrons. The van der Waals surface area contributed by atoms with Crippen LogP contribution in [0.25, 0.3) is 0 Å². The van der Waals surface area contributed by atoms with Crippen LogP contribution in [0, 0.1) is 11.8 Å². The molecule has 0 amide bonds. The fourth-order valence-electron chi connectivity index (χ4n) is 3.35. The monoisotopic (exact) mass is 277 g/mol. The lowest BCUT2D eigenvalue weighted by Crippen LogP contribution is -2.40. The van der Waals surface area contributed by atoms with Crippen LogP contribution in [-0.2, 0) is 13.5 Å². The highest BCUT2D eigenvalue weighted by molar-refractivity contribution is 5.00. The van der Waals surface area contributed by atoms with Crippen LogP contribution in [0.4, 0.5) is 0 Å². The molecule has 3 heteroatoms. The van der Waals surface area contributed by atoms with E-state index in [0.717, 1.165) is 24.8 Å². The fraction of sp³-hybridized carbons (Fsp3) is 0.824.